The second kappa shape index (κ2) is 8.60. The van der Waals surface area contributed by atoms with Crippen LogP contribution >= 0.6 is 0 Å². The number of rotatable bonds is 6. The number of nitrogens with zero attached hydrogens (tertiary/aromatic N) is 4. The standard InChI is InChI=1S/C21H24FN5O6/c1-4-33-25-20(23)12-6-26(8-15(12)24-31-3)17-14(22)5-11-16-19(17)32-9-10(2)27(16)7-13(18(11)28)21(29)30/h5,7,10,12H,4,6,8-9H2,1-3H3,(H2,23,25)(H,29,30)/b24-15-/t10-,12?/m0/s1. The van der Waals surface area contributed by atoms with E-state index in [1.54, 1.807) is 16.4 Å². The van der Waals surface area contributed by atoms with Gasteiger partial charge in [0.05, 0.1) is 35.1 Å². The highest BCUT2D eigenvalue weighted by molar-refractivity contribution is 6.10. The van der Waals surface area contributed by atoms with E-state index in [-0.39, 0.29) is 48.4 Å². The fraction of sp³-hybridized carbons (Fsp3) is 0.429. The molecule has 33 heavy (non-hydrogen) atoms. The number of carboxylic acids is 1. The number of hydrogen-bond acceptors (Lipinski definition) is 8. The molecule has 0 spiro atoms. The van der Waals surface area contributed by atoms with Crippen LogP contribution in [0.2, 0.25) is 0 Å². The lowest BCUT2D eigenvalue weighted by Crippen LogP contribution is -2.31. The normalized spacial score (nSPS) is 21.4. The van der Waals surface area contributed by atoms with Gasteiger partial charge in [0.15, 0.2) is 11.6 Å². The van der Waals surface area contributed by atoms with Crippen molar-refractivity contribution < 1.29 is 28.7 Å². The van der Waals surface area contributed by atoms with E-state index in [1.807, 2.05) is 6.92 Å². The van der Waals surface area contributed by atoms with E-state index >= 15 is 4.39 Å². The van der Waals surface area contributed by atoms with Crippen LogP contribution in [-0.4, -0.2) is 60.6 Å². The van der Waals surface area contributed by atoms with Gasteiger partial charge in [0.25, 0.3) is 0 Å². The molecule has 1 aromatic heterocycles. The minimum atomic E-state index is -1.37. The fourth-order valence-corrected chi connectivity index (χ4v) is 4.20. The van der Waals surface area contributed by atoms with E-state index < -0.39 is 28.7 Å². The summed E-state index contributed by atoms with van der Waals surface area (Å²) >= 11 is 0. The number of pyridine rings is 1. The van der Waals surface area contributed by atoms with Crippen LogP contribution in [0.4, 0.5) is 10.1 Å². The van der Waals surface area contributed by atoms with Gasteiger partial charge in [-0.3, -0.25) is 4.79 Å². The summed E-state index contributed by atoms with van der Waals surface area (Å²) in [5.41, 5.74) is 5.87. The molecule has 12 heteroatoms. The van der Waals surface area contributed by atoms with Gasteiger partial charge in [-0.05, 0) is 19.9 Å². The molecular formula is C21H24FN5O6. The van der Waals surface area contributed by atoms with Crippen LogP contribution in [0.25, 0.3) is 10.9 Å². The molecule has 4 rings (SSSR count). The van der Waals surface area contributed by atoms with Crippen molar-refractivity contribution in [2.75, 3.05) is 38.3 Å². The van der Waals surface area contributed by atoms with Crippen LogP contribution in [-0.2, 0) is 9.68 Å². The largest absolute Gasteiger partial charge is 0.487 e. The summed E-state index contributed by atoms with van der Waals surface area (Å²) < 4.78 is 23.0. The zero-order valence-corrected chi connectivity index (χ0v) is 18.4. The molecule has 1 saturated heterocycles. The molecule has 0 amide bonds. The molecule has 1 unspecified atom stereocenters. The molecule has 2 aliphatic rings. The highest BCUT2D eigenvalue weighted by atomic mass is 19.1. The maximum absolute atomic E-state index is 15.5. The van der Waals surface area contributed by atoms with Gasteiger partial charge >= 0.3 is 5.97 Å². The molecule has 0 saturated carbocycles. The SMILES string of the molecule is CCO/N=C(/N)C1CN(c2c(F)cc3c(=O)c(C(=O)O)cn4c3c2OC[C@@H]4C)C/C1=N/OC. The molecule has 2 aromatic rings. The Morgan fingerprint density at radius 2 is 2.21 bits per heavy atom. The number of nitrogens with two attached hydrogens (primary N) is 1. The minimum Gasteiger partial charge on any atom is -0.487 e. The molecular weight excluding hydrogens is 437 g/mol. The first-order valence-corrected chi connectivity index (χ1v) is 10.4. The predicted octanol–water partition coefficient (Wildman–Crippen LogP) is 1.54. The van der Waals surface area contributed by atoms with Gasteiger partial charge < -0.3 is 34.7 Å². The second-order valence-electron chi connectivity index (χ2n) is 7.81. The van der Waals surface area contributed by atoms with E-state index in [0.29, 0.717) is 17.8 Å². The van der Waals surface area contributed by atoms with Crippen molar-refractivity contribution in [1.29, 1.82) is 0 Å². The Morgan fingerprint density at radius 3 is 2.88 bits per heavy atom. The maximum Gasteiger partial charge on any atom is 0.341 e. The minimum absolute atomic E-state index is 0.0587. The first kappa shape index (κ1) is 22.4. The average molecular weight is 461 g/mol. The Hall–Kier alpha value is -3.83. The van der Waals surface area contributed by atoms with E-state index in [2.05, 4.69) is 10.3 Å². The Bertz CT molecular complexity index is 1240. The van der Waals surface area contributed by atoms with Crippen molar-refractivity contribution in [2.45, 2.75) is 19.9 Å². The Balaban J connectivity index is 1.89. The third-order valence-corrected chi connectivity index (χ3v) is 5.71. The van der Waals surface area contributed by atoms with Gasteiger partial charge in [0, 0.05) is 12.7 Å². The van der Waals surface area contributed by atoms with Gasteiger partial charge in [0.2, 0.25) is 5.43 Å². The smallest absolute Gasteiger partial charge is 0.341 e. The van der Waals surface area contributed by atoms with Crippen molar-refractivity contribution in [3.8, 4) is 5.75 Å². The quantitative estimate of drug-likeness (QED) is 0.375. The van der Waals surface area contributed by atoms with Gasteiger partial charge in [-0.15, -0.1) is 0 Å². The van der Waals surface area contributed by atoms with Crippen LogP contribution in [0, 0.1) is 11.7 Å². The highest BCUT2D eigenvalue weighted by Crippen LogP contribution is 2.43. The molecule has 0 aliphatic carbocycles. The van der Waals surface area contributed by atoms with E-state index in [9.17, 15) is 14.7 Å². The van der Waals surface area contributed by atoms with Crippen molar-refractivity contribution in [1.82, 2.24) is 4.57 Å². The van der Waals surface area contributed by atoms with E-state index in [4.69, 9.17) is 20.1 Å². The lowest BCUT2D eigenvalue weighted by molar-refractivity contribution is 0.0694. The average Bonchev–Trinajstić information content (AvgIpc) is 3.19. The molecule has 3 N–H and O–H groups in total. The zero-order valence-electron chi connectivity index (χ0n) is 18.4. The molecule has 2 atom stereocenters. The number of ether oxygens (including phenoxy) is 1. The third kappa shape index (κ3) is 3.70. The molecule has 1 fully saturated rings. The number of amidine groups is 1. The first-order chi connectivity index (χ1) is 15.8. The number of carbonyl (C=O) groups is 1. The number of hydrogen-bond donors (Lipinski definition) is 2. The fourth-order valence-electron chi connectivity index (χ4n) is 4.20. The number of oxime groups is 2. The van der Waals surface area contributed by atoms with Gasteiger partial charge in [-0.1, -0.05) is 10.3 Å². The summed E-state index contributed by atoms with van der Waals surface area (Å²) in [5.74, 6) is -2.26. The summed E-state index contributed by atoms with van der Waals surface area (Å²) in [6.07, 6.45) is 1.28. The number of benzene rings is 1. The summed E-state index contributed by atoms with van der Waals surface area (Å²) in [7, 11) is 1.40. The second-order valence-corrected chi connectivity index (χ2v) is 7.81. The molecule has 1 aromatic carbocycles. The lowest BCUT2D eigenvalue weighted by Gasteiger charge is -2.31. The molecule has 176 valence electrons. The van der Waals surface area contributed by atoms with Crippen LogP contribution in [0.3, 0.4) is 0 Å². The third-order valence-electron chi connectivity index (χ3n) is 5.71. The summed E-state index contributed by atoms with van der Waals surface area (Å²) in [4.78, 5) is 36.0. The number of aromatic nitrogens is 1. The monoisotopic (exact) mass is 461 g/mol. The Kier molecular flexibility index (Phi) is 5.83. The molecule has 11 nitrogen and oxygen atoms in total. The molecule has 0 radical (unpaired) electrons. The zero-order chi connectivity index (χ0) is 23.9. The maximum atomic E-state index is 15.5. The first-order valence-electron chi connectivity index (χ1n) is 10.4. The predicted molar refractivity (Wildman–Crippen MR) is 119 cm³/mol. The summed E-state index contributed by atoms with van der Waals surface area (Å²) in [6, 6.07) is 0.793. The van der Waals surface area contributed by atoms with Crippen molar-refractivity contribution in [2.24, 2.45) is 22.0 Å². The van der Waals surface area contributed by atoms with Crippen molar-refractivity contribution in [3.63, 3.8) is 0 Å². The topological polar surface area (TPSA) is 141 Å². The van der Waals surface area contributed by atoms with Crippen LogP contribution in [0.1, 0.15) is 30.2 Å². The van der Waals surface area contributed by atoms with Crippen LogP contribution < -0.4 is 20.8 Å². The van der Waals surface area contributed by atoms with Crippen LogP contribution in [0.15, 0.2) is 27.4 Å². The Labute approximate surface area is 187 Å². The number of carboxylic acid groups (broad SMARTS) is 1. The van der Waals surface area contributed by atoms with Gasteiger partial charge in [-0.2, -0.15) is 0 Å². The summed E-state index contributed by atoms with van der Waals surface area (Å²) in [5, 5.41) is 17.3. The Morgan fingerprint density at radius 1 is 1.45 bits per heavy atom. The number of anilines is 1. The van der Waals surface area contributed by atoms with E-state index in [1.165, 1.54) is 13.3 Å². The molecule has 3 heterocycles. The molecule has 0 bridgehead atoms. The number of halogens is 1. The summed E-state index contributed by atoms with van der Waals surface area (Å²) in [6.45, 7) is 4.49. The van der Waals surface area contributed by atoms with Crippen LogP contribution in [0.5, 0.6) is 5.75 Å². The van der Waals surface area contributed by atoms with Gasteiger partial charge in [0.1, 0.15) is 37.4 Å². The molecule has 2 aliphatic heterocycles. The van der Waals surface area contributed by atoms with E-state index in [0.717, 1.165) is 6.07 Å². The lowest BCUT2D eigenvalue weighted by atomic mass is 10.1. The number of aromatic carboxylic acids is 1. The highest BCUT2D eigenvalue weighted by Gasteiger charge is 2.38. The van der Waals surface area contributed by atoms with Crippen molar-refractivity contribution >= 4 is 34.1 Å². The van der Waals surface area contributed by atoms with Crippen molar-refractivity contribution in [3.05, 3.63) is 33.9 Å². The van der Waals surface area contributed by atoms with Gasteiger partial charge in [-0.25, -0.2) is 9.18 Å².